The normalized spacial score (nSPS) is 22.2. The maximum absolute atomic E-state index is 12.3. The van der Waals surface area contributed by atoms with E-state index in [1.165, 1.54) is 6.42 Å². The molecule has 0 N–H and O–H groups in total. The van der Waals surface area contributed by atoms with E-state index in [0.29, 0.717) is 11.8 Å². The molecule has 2 aliphatic rings. The van der Waals surface area contributed by atoms with Crippen molar-refractivity contribution in [3.63, 3.8) is 0 Å². The van der Waals surface area contributed by atoms with E-state index in [1.54, 1.807) is 0 Å². The lowest BCUT2D eigenvalue weighted by Gasteiger charge is -2.39. The Balaban J connectivity index is 1.43. The van der Waals surface area contributed by atoms with Gasteiger partial charge in [0.05, 0.1) is 0 Å². The lowest BCUT2D eigenvalue weighted by atomic mass is 9.96. The molecule has 2 aliphatic heterocycles. The molecule has 3 rings (SSSR count). The molecule has 3 heterocycles. The standard InChI is InChI=1S/C20H32N4O/c1-2-3-9-20(25)24-11-6-7-18(17-24)16-22-12-14-23(15-13-22)19-8-4-5-10-21-19/h4-5,8,10,18H,2-3,6-7,9,11-17H2,1H3. The van der Waals surface area contributed by atoms with Crippen LogP contribution in [0.25, 0.3) is 0 Å². The van der Waals surface area contributed by atoms with Crippen molar-refractivity contribution in [2.45, 2.75) is 39.0 Å². The SMILES string of the molecule is CCCCC(=O)N1CCCC(CN2CCN(c3ccccn3)CC2)C1. The zero-order chi connectivity index (χ0) is 17.5. The fourth-order valence-electron chi connectivity index (χ4n) is 3.99. The predicted octanol–water partition coefficient (Wildman–Crippen LogP) is 2.63. The maximum Gasteiger partial charge on any atom is 0.222 e. The van der Waals surface area contributed by atoms with Crippen LogP contribution in [0.15, 0.2) is 24.4 Å². The smallest absolute Gasteiger partial charge is 0.222 e. The number of anilines is 1. The van der Waals surface area contributed by atoms with E-state index in [1.807, 2.05) is 12.3 Å². The lowest BCUT2D eigenvalue weighted by molar-refractivity contribution is -0.133. The van der Waals surface area contributed by atoms with Crippen LogP contribution < -0.4 is 4.90 Å². The molecule has 0 bridgehead atoms. The Hall–Kier alpha value is -1.62. The van der Waals surface area contributed by atoms with Crippen LogP contribution in [0.1, 0.15) is 39.0 Å². The van der Waals surface area contributed by atoms with Crippen molar-refractivity contribution in [1.82, 2.24) is 14.8 Å². The Morgan fingerprint density at radius 3 is 2.76 bits per heavy atom. The summed E-state index contributed by atoms with van der Waals surface area (Å²) < 4.78 is 0. The van der Waals surface area contributed by atoms with Crippen molar-refractivity contribution in [1.29, 1.82) is 0 Å². The number of piperidine rings is 1. The molecule has 5 nitrogen and oxygen atoms in total. The quantitative estimate of drug-likeness (QED) is 0.795. The van der Waals surface area contributed by atoms with Gasteiger partial charge in [0.1, 0.15) is 5.82 Å². The molecule has 25 heavy (non-hydrogen) atoms. The molecule has 1 unspecified atom stereocenters. The number of rotatable bonds is 6. The molecular weight excluding hydrogens is 312 g/mol. The minimum atomic E-state index is 0.367. The minimum Gasteiger partial charge on any atom is -0.354 e. The maximum atomic E-state index is 12.3. The van der Waals surface area contributed by atoms with Gasteiger partial charge in [-0.2, -0.15) is 0 Å². The average Bonchev–Trinajstić information content (AvgIpc) is 2.67. The third-order valence-corrected chi connectivity index (χ3v) is 5.48. The second-order valence-electron chi connectivity index (χ2n) is 7.43. The number of pyridine rings is 1. The first-order valence-corrected chi connectivity index (χ1v) is 9.92. The molecule has 0 aliphatic carbocycles. The van der Waals surface area contributed by atoms with E-state index >= 15 is 0 Å². The van der Waals surface area contributed by atoms with Gasteiger partial charge in [0, 0.05) is 58.4 Å². The summed E-state index contributed by atoms with van der Waals surface area (Å²) in [5.74, 6) is 2.10. The van der Waals surface area contributed by atoms with Gasteiger partial charge in [0.25, 0.3) is 0 Å². The molecule has 1 atom stereocenters. The molecule has 0 radical (unpaired) electrons. The molecule has 1 aromatic heterocycles. The zero-order valence-electron chi connectivity index (χ0n) is 15.6. The number of amides is 1. The molecule has 2 fully saturated rings. The minimum absolute atomic E-state index is 0.367. The van der Waals surface area contributed by atoms with Crippen molar-refractivity contribution in [2.24, 2.45) is 5.92 Å². The Morgan fingerprint density at radius 1 is 1.20 bits per heavy atom. The first-order valence-electron chi connectivity index (χ1n) is 9.92. The summed E-state index contributed by atoms with van der Waals surface area (Å²) in [6.45, 7) is 9.49. The highest BCUT2D eigenvalue weighted by Gasteiger charge is 2.26. The number of carbonyl (C=O) groups excluding carboxylic acids is 1. The Morgan fingerprint density at radius 2 is 2.04 bits per heavy atom. The van der Waals surface area contributed by atoms with Crippen LogP contribution in [-0.2, 0) is 4.79 Å². The van der Waals surface area contributed by atoms with Crippen LogP contribution >= 0.6 is 0 Å². The summed E-state index contributed by atoms with van der Waals surface area (Å²) in [6, 6.07) is 6.12. The van der Waals surface area contributed by atoms with Crippen molar-refractivity contribution >= 4 is 11.7 Å². The number of piperazine rings is 1. The number of hydrogen-bond acceptors (Lipinski definition) is 4. The third kappa shape index (κ3) is 5.18. The summed E-state index contributed by atoms with van der Waals surface area (Å²) in [4.78, 5) is 23.8. The second kappa shape index (κ2) is 9.18. The van der Waals surface area contributed by atoms with Crippen LogP contribution in [0.2, 0.25) is 0 Å². The molecule has 0 saturated carbocycles. The largest absolute Gasteiger partial charge is 0.354 e. The average molecular weight is 345 g/mol. The van der Waals surface area contributed by atoms with E-state index in [0.717, 1.165) is 77.3 Å². The van der Waals surface area contributed by atoms with Gasteiger partial charge in [-0.25, -0.2) is 4.98 Å². The second-order valence-corrected chi connectivity index (χ2v) is 7.43. The van der Waals surface area contributed by atoms with Gasteiger partial charge in [0.2, 0.25) is 5.91 Å². The number of likely N-dealkylation sites (tertiary alicyclic amines) is 1. The van der Waals surface area contributed by atoms with Crippen LogP contribution in [0.3, 0.4) is 0 Å². The molecule has 0 spiro atoms. The number of nitrogens with zero attached hydrogens (tertiary/aromatic N) is 4. The summed E-state index contributed by atoms with van der Waals surface area (Å²) in [5, 5.41) is 0. The van der Waals surface area contributed by atoms with Crippen molar-refractivity contribution in [2.75, 3.05) is 50.7 Å². The molecular formula is C20H32N4O. The van der Waals surface area contributed by atoms with Gasteiger partial charge in [-0.15, -0.1) is 0 Å². The Bertz CT molecular complexity index is 528. The van der Waals surface area contributed by atoms with Gasteiger partial charge in [0.15, 0.2) is 0 Å². The number of unbranched alkanes of at least 4 members (excludes halogenated alkanes) is 1. The highest BCUT2D eigenvalue weighted by Crippen LogP contribution is 2.20. The molecule has 1 amide bonds. The van der Waals surface area contributed by atoms with E-state index in [2.05, 4.69) is 38.7 Å². The predicted molar refractivity (Wildman–Crippen MR) is 102 cm³/mol. The third-order valence-electron chi connectivity index (χ3n) is 5.48. The Kier molecular flexibility index (Phi) is 6.68. The fraction of sp³-hybridized carbons (Fsp3) is 0.700. The fourth-order valence-corrected chi connectivity index (χ4v) is 3.99. The Labute approximate surface area is 152 Å². The van der Waals surface area contributed by atoms with Crippen molar-refractivity contribution in [3.8, 4) is 0 Å². The van der Waals surface area contributed by atoms with Crippen molar-refractivity contribution in [3.05, 3.63) is 24.4 Å². The van der Waals surface area contributed by atoms with E-state index < -0.39 is 0 Å². The van der Waals surface area contributed by atoms with Gasteiger partial charge < -0.3 is 9.80 Å². The molecule has 0 aromatic carbocycles. The molecule has 2 saturated heterocycles. The van der Waals surface area contributed by atoms with E-state index in [4.69, 9.17) is 0 Å². The number of aromatic nitrogens is 1. The zero-order valence-corrected chi connectivity index (χ0v) is 15.6. The topological polar surface area (TPSA) is 39.7 Å². The van der Waals surface area contributed by atoms with Crippen LogP contribution in [-0.4, -0.2) is 66.5 Å². The van der Waals surface area contributed by atoms with Gasteiger partial charge in [-0.3, -0.25) is 9.69 Å². The van der Waals surface area contributed by atoms with E-state index in [-0.39, 0.29) is 0 Å². The summed E-state index contributed by atoms with van der Waals surface area (Å²) in [5.41, 5.74) is 0. The highest BCUT2D eigenvalue weighted by atomic mass is 16.2. The van der Waals surface area contributed by atoms with Gasteiger partial charge in [-0.05, 0) is 37.3 Å². The lowest BCUT2D eigenvalue weighted by Crippen LogP contribution is -2.50. The molecule has 5 heteroatoms. The van der Waals surface area contributed by atoms with Gasteiger partial charge >= 0.3 is 0 Å². The first kappa shape index (κ1) is 18.2. The van der Waals surface area contributed by atoms with Crippen LogP contribution in [0.5, 0.6) is 0 Å². The summed E-state index contributed by atoms with van der Waals surface area (Å²) in [6.07, 6.45) is 7.15. The first-order chi connectivity index (χ1) is 12.3. The summed E-state index contributed by atoms with van der Waals surface area (Å²) >= 11 is 0. The highest BCUT2D eigenvalue weighted by molar-refractivity contribution is 5.76. The van der Waals surface area contributed by atoms with Crippen LogP contribution in [0, 0.1) is 5.92 Å². The monoisotopic (exact) mass is 344 g/mol. The molecule has 1 aromatic rings. The number of carbonyl (C=O) groups is 1. The number of hydrogen-bond donors (Lipinski definition) is 0. The van der Waals surface area contributed by atoms with Crippen LogP contribution in [0.4, 0.5) is 5.82 Å². The van der Waals surface area contributed by atoms with Crippen molar-refractivity contribution < 1.29 is 4.79 Å². The van der Waals surface area contributed by atoms with E-state index in [9.17, 15) is 4.79 Å². The molecule has 138 valence electrons. The summed E-state index contributed by atoms with van der Waals surface area (Å²) in [7, 11) is 0. The van der Waals surface area contributed by atoms with Gasteiger partial charge in [-0.1, -0.05) is 19.4 Å².